The lowest BCUT2D eigenvalue weighted by atomic mass is 10.2. The number of methoxy groups -OCH3 is 1. The van der Waals surface area contributed by atoms with Gasteiger partial charge in [0.1, 0.15) is 5.69 Å². The minimum absolute atomic E-state index is 0.0652. The van der Waals surface area contributed by atoms with Crippen molar-refractivity contribution in [3.05, 3.63) is 17.7 Å². The maximum Gasteiger partial charge on any atom is 0.270 e. The normalized spacial score (nSPS) is 12.1. The third-order valence-electron chi connectivity index (χ3n) is 1.89. The molecule has 0 spiro atoms. The van der Waals surface area contributed by atoms with Crippen molar-refractivity contribution < 1.29 is 14.3 Å². The fraction of sp³-hybridized carbons (Fsp3) is 0.444. The Morgan fingerprint density at radius 2 is 2.38 bits per heavy atom. The summed E-state index contributed by atoms with van der Waals surface area (Å²) in [5, 5.41) is 2.64. The van der Waals surface area contributed by atoms with Gasteiger partial charge < -0.3 is 20.8 Å². The number of nitrogens with zero attached hydrogens (tertiary/aromatic N) is 1. The molecule has 1 aromatic rings. The molecule has 0 aliphatic carbocycles. The van der Waals surface area contributed by atoms with Gasteiger partial charge in [0.15, 0.2) is 5.69 Å². The Balaban J connectivity index is 2.73. The van der Waals surface area contributed by atoms with Gasteiger partial charge in [0.25, 0.3) is 11.8 Å². The van der Waals surface area contributed by atoms with Gasteiger partial charge in [0.2, 0.25) is 0 Å². The molecule has 0 fully saturated rings. The number of amides is 2. The van der Waals surface area contributed by atoms with Crippen LogP contribution in [0.25, 0.3) is 0 Å². The predicted octanol–water partition coefficient (Wildman–Crippen LogP) is -0.727. The van der Waals surface area contributed by atoms with Gasteiger partial charge in [-0.15, -0.1) is 0 Å². The monoisotopic (exact) mass is 226 g/mol. The quantitative estimate of drug-likeness (QED) is 0.614. The molecule has 4 N–H and O–H groups in total. The molecule has 0 saturated heterocycles. The van der Waals surface area contributed by atoms with E-state index in [-0.39, 0.29) is 17.4 Å². The Hall–Kier alpha value is -1.89. The molecule has 1 aromatic heterocycles. The topological polar surface area (TPSA) is 110 Å². The number of H-pyrrole nitrogens is 1. The maximum atomic E-state index is 11.7. The highest BCUT2D eigenvalue weighted by atomic mass is 16.5. The first-order valence-electron chi connectivity index (χ1n) is 4.69. The van der Waals surface area contributed by atoms with Crippen molar-refractivity contribution in [3.63, 3.8) is 0 Å². The van der Waals surface area contributed by atoms with Gasteiger partial charge >= 0.3 is 0 Å². The molecule has 7 heteroatoms. The van der Waals surface area contributed by atoms with Gasteiger partial charge in [-0.2, -0.15) is 0 Å². The van der Waals surface area contributed by atoms with Gasteiger partial charge in [-0.05, 0) is 6.92 Å². The van der Waals surface area contributed by atoms with Crippen molar-refractivity contribution in [2.75, 3.05) is 13.7 Å². The highest BCUT2D eigenvalue weighted by Crippen LogP contribution is 2.02. The van der Waals surface area contributed by atoms with Crippen molar-refractivity contribution in [1.29, 1.82) is 0 Å². The molecule has 0 radical (unpaired) electrons. The smallest absolute Gasteiger partial charge is 0.270 e. The van der Waals surface area contributed by atoms with E-state index < -0.39 is 11.8 Å². The molecule has 1 heterocycles. The number of ether oxygens (including phenoxy) is 1. The summed E-state index contributed by atoms with van der Waals surface area (Å²) in [6.45, 7) is 2.16. The molecular weight excluding hydrogens is 212 g/mol. The number of hydrogen-bond donors (Lipinski definition) is 3. The SMILES string of the molecule is COCC(C)NC(=O)c1[nH]cnc1C(N)=O. The lowest BCUT2D eigenvalue weighted by molar-refractivity contribution is 0.0890. The Morgan fingerprint density at radius 1 is 1.69 bits per heavy atom. The minimum atomic E-state index is -0.745. The van der Waals surface area contributed by atoms with E-state index in [0.29, 0.717) is 6.61 Å². The molecular formula is C9H14N4O3. The van der Waals surface area contributed by atoms with Crippen LogP contribution in [0.15, 0.2) is 6.33 Å². The zero-order valence-corrected chi connectivity index (χ0v) is 9.11. The molecule has 1 atom stereocenters. The molecule has 0 aliphatic rings. The minimum Gasteiger partial charge on any atom is -0.383 e. The van der Waals surface area contributed by atoms with Crippen LogP contribution in [-0.4, -0.2) is 41.5 Å². The van der Waals surface area contributed by atoms with E-state index in [1.807, 2.05) is 0 Å². The van der Waals surface area contributed by atoms with E-state index in [4.69, 9.17) is 10.5 Å². The number of nitrogens with two attached hydrogens (primary N) is 1. The molecule has 7 nitrogen and oxygen atoms in total. The Bertz CT molecular complexity index is 388. The van der Waals surface area contributed by atoms with Crippen LogP contribution in [0, 0.1) is 0 Å². The fourth-order valence-corrected chi connectivity index (χ4v) is 1.24. The van der Waals surface area contributed by atoms with E-state index in [0.717, 1.165) is 0 Å². The predicted molar refractivity (Wildman–Crippen MR) is 55.9 cm³/mol. The second-order valence-electron chi connectivity index (χ2n) is 3.32. The maximum absolute atomic E-state index is 11.7. The third kappa shape index (κ3) is 2.80. The van der Waals surface area contributed by atoms with Crippen LogP contribution in [0.1, 0.15) is 27.9 Å². The summed E-state index contributed by atoms with van der Waals surface area (Å²) in [5.41, 5.74) is 5.06. The van der Waals surface area contributed by atoms with Crippen LogP contribution in [0.5, 0.6) is 0 Å². The number of imidazole rings is 1. The second-order valence-corrected chi connectivity index (χ2v) is 3.32. The van der Waals surface area contributed by atoms with Crippen molar-refractivity contribution in [3.8, 4) is 0 Å². The number of carbonyl (C=O) groups is 2. The van der Waals surface area contributed by atoms with Crippen LogP contribution >= 0.6 is 0 Å². The fourth-order valence-electron chi connectivity index (χ4n) is 1.24. The van der Waals surface area contributed by atoms with E-state index in [1.54, 1.807) is 6.92 Å². The number of hydrogen-bond acceptors (Lipinski definition) is 4. The summed E-state index contributed by atoms with van der Waals surface area (Å²) in [6, 6.07) is -0.165. The number of aromatic nitrogens is 2. The summed E-state index contributed by atoms with van der Waals surface area (Å²) in [4.78, 5) is 28.8. The standard InChI is InChI=1S/C9H14N4O3/c1-5(3-16-2)13-9(15)7-6(8(10)14)11-4-12-7/h4-5H,3H2,1-2H3,(H2,10,14)(H,11,12)(H,13,15). The van der Waals surface area contributed by atoms with Crippen molar-refractivity contribution >= 4 is 11.8 Å². The molecule has 16 heavy (non-hydrogen) atoms. The van der Waals surface area contributed by atoms with Crippen LogP contribution in [-0.2, 0) is 4.74 Å². The summed E-state index contributed by atoms with van der Waals surface area (Å²) in [5.74, 6) is -1.18. The first kappa shape index (κ1) is 12.2. The van der Waals surface area contributed by atoms with Gasteiger partial charge in [-0.3, -0.25) is 9.59 Å². The van der Waals surface area contributed by atoms with E-state index >= 15 is 0 Å². The average Bonchev–Trinajstić information content (AvgIpc) is 2.65. The summed E-state index contributed by atoms with van der Waals surface area (Å²) >= 11 is 0. The molecule has 0 saturated carbocycles. The zero-order valence-electron chi connectivity index (χ0n) is 9.11. The molecule has 0 aliphatic heterocycles. The number of nitrogens with one attached hydrogen (secondary N) is 2. The second kappa shape index (κ2) is 5.26. The molecule has 0 aromatic carbocycles. The van der Waals surface area contributed by atoms with E-state index in [2.05, 4.69) is 15.3 Å². The van der Waals surface area contributed by atoms with E-state index in [9.17, 15) is 9.59 Å². The lowest BCUT2D eigenvalue weighted by Gasteiger charge is -2.11. The van der Waals surface area contributed by atoms with Gasteiger partial charge in [0, 0.05) is 13.2 Å². The molecule has 88 valence electrons. The van der Waals surface area contributed by atoms with Crippen LogP contribution in [0.3, 0.4) is 0 Å². The third-order valence-corrected chi connectivity index (χ3v) is 1.89. The number of aromatic amines is 1. The first-order chi connectivity index (χ1) is 7.56. The van der Waals surface area contributed by atoms with Gasteiger partial charge in [-0.1, -0.05) is 0 Å². The number of primary amides is 1. The highest BCUT2D eigenvalue weighted by molar-refractivity contribution is 6.04. The van der Waals surface area contributed by atoms with Crippen molar-refractivity contribution in [1.82, 2.24) is 15.3 Å². The molecule has 2 amide bonds. The molecule has 1 rings (SSSR count). The molecule has 1 unspecified atom stereocenters. The van der Waals surface area contributed by atoms with Crippen LogP contribution in [0.2, 0.25) is 0 Å². The van der Waals surface area contributed by atoms with Crippen molar-refractivity contribution in [2.45, 2.75) is 13.0 Å². The van der Waals surface area contributed by atoms with Crippen LogP contribution in [0.4, 0.5) is 0 Å². The Morgan fingerprint density at radius 3 is 2.94 bits per heavy atom. The van der Waals surface area contributed by atoms with Gasteiger partial charge in [-0.25, -0.2) is 4.98 Å². The number of carbonyl (C=O) groups excluding carboxylic acids is 2. The zero-order chi connectivity index (χ0) is 12.1. The Kier molecular flexibility index (Phi) is 4.01. The largest absolute Gasteiger partial charge is 0.383 e. The number of rotatable bonds is 5. The van der Waals surface area contributed by atoms with Gasteiger partial charge in [0.05, 0.1) is 12.9 Å². The molecule has 0 bridgehead atoms. The van der Waals surface area contributed by atoms with Crippen LogP contribution < -0.4 is 11.1 Å². The Labute approximate surface area is 92.4 Å². The first-order valence-corrected chi connectivity index (χ1v) is 4.69. The highest BCUT2D eigenvalue weighted by Gasteiger charge is 2.19. The summed E-state index contributed by atoms with van der Waals surface area (Å²) in [7, 11) is 1.54. The summed E-state index contributed by atoms with van der Waals surface area (Å²) < 4.78 is 4.87. The van der Waals surface area contributed by atoms with Crippen molar-refractivity contribution in [2.24, 2.45) is 5.73 Å². The average molecular weight is 226 g/mol. The lowest BCUT2D eigenvalue weighted by Crippen LogP contribution is -2.36. The van der Waals surface area contributed by atoms with E-state index in [1.165, 1.54) is 13.4 Å². The summed E-state index contributed by atoms with van der Waals surface area (Å²) in [6.07, 6.45) is 1.25.